The van der Waals surface area contributed by atoms with Crippen LogP contribution in [0.5, 0.6) is 0 Å². The van der Waals surface area contributed by atoms with Crippen LogP contribution in [0.4, 0.5) is 4.79 Å². The predicted molar refractivity (Wildman–Crippen MR) is 96.7 cm³/mol. The van der Waals surface area contributed by atoms with Crippen molar-refractivity contribution in [2.24, 2.45) is 5.92 Å². The largest absolute Gasteiger partial charge is 0.396 e. The maximum atomic E-state index is 12.4. The summed E-state index contributed by atoms with van der Waals surface area (Å²) in [6, 6.07) is 9.96. The van der Waals surface area contributed by atoms with Gasteiger partial charge in [-0.05, 0) is 44.7 Å². The molecule has 3 rings (SSSR count). The van der Waals surface area contributed by atoms with Gasteiger partial charge in [-0.15, -0.1) is 0 Å². The molecule has 0 unspecified atom stereocenters. The number of likely N-dealkylation sites (tertiary alicyclic amines) is 1. The highest BCUT2D eigenvalue weighted by atomic mass is 16.3. The predicted octanol–water partition coefficient (Wildman–Crippen LogP) is 2.40. The van der Waals surface area contributed by atoms with Crippen LogP contribution in [0.15, 0.2) is 30.3 Å². The topological polar surface area (TPSA) is 70.4 Å². The average Bonchev–Trinajstić information content (AvgIpc) is 2.94. The lowest BCUT2D eigenvalue weighted by molar-refractivity contribution is 0.137. The number of amides is 2. The maximum Gasteiger partial charge on any atom is 0.317 e. The molecule has 0 saturated carbocycles. The first-order valence-corrected chi connectivity index (χ1v) is 8.84. The molecule has 1 aromatic carbocycles. The van der Waals surface area contributed by atoms with Gasteiger partial charge in [0, 0.05) is 37.5 Å². The van der Waals surface area contributed by atoms with Crippen LogP contribution in [-0.2, 0) is 6.54 Å². The highest BCUT2D eigenvalue weighted by Crippen LogP contribution is 2.19. The van der Waals surface area contributed by atoms with Crippen LogP contribution in [0, 0.1) is 19.8 Å². The number of carbonyl (C=O) groups excluding carboxylic acids is 1. The minimum atomic E-state index is -0.0392. The Balaban J connectivity index is 1.64. The van der Waals surface area contributed by atoms with E-state index in [1.54, 1.807) is 0 Å². The summed E-state index contributed by atoms with van der Waals surface area (Å²) in [5, 5.41) is 16.8. The van der Waals surface area contributed by atoms with E-state index in [1.807, 2.05) is 53.8 Å². The van der Waals surface area contributed by atoms with Crippen LogP contribution in [0.1, 0.15) is 29.8 Å². The van der Waals surface area contributed by atoms with Crippen molar-refractivity contribution in [1.82, 2.24) is 20.0 Å². The molecule has 2 N–H and O–H groups in total. The van der Waals surface area contributed by atoms with Crippen molar-refractivity contribution in [3.8, 4) is 5.69 Å². The number of urea groups is 1. The molecule has 0 radical (unpaired) electrons. The second-order valence-corrected chi connectivity index (χ2v) is 6.67. The standard InChI is InChI=1S/C19H26N4O2/c1-14-18(15(2)23(21-14)17-6-4-3-5-7-17)12-20-19(25)22-10-8-16(13-24)9-11-22/h3-7,16,24H,8-13H2,1-2H3,(H,20,25). The van der Waals surface area contributed by atoms with Crippen molar-refractivity contribution in [2.45, 2.75) is 33.2 Å². The number of aliphatic hydroxyl groups is 1. The van der Waals surface area contributed by atoms with Crippen LogP contribution in [0.3, 0.4) is 0 Å². The van der Waals surface area contributed by atoms with E-state index in [0.29, 0.717) is 25.6 Å². The van der Waals surface area contributed by atoms with Gasteiger partial charge >= 0.3 is 6.03 Å². The lowest BCUT2D eigenvalue weighted by atomic mass is 9.98. The lowest BCUT2D eigenvalue weighted by Gasteiger charge is -2.31. The van der Waals surface area contributed by atoms with Gasteiger partial charge in [0.25, 0.3) is 0 Å². The number of aliphatic hydroxyl groups excluding tert-OH is 1. The van der Waals surface area contributed by atoms with Gasteiger partial charge in [-0.1, -0.05) is 18.2 Å². The molecular formula is C19H26N4O2. The zero-order chi connectivity index (χ0) is 17.8. The maximum absolute atomic E-state index is 12.4. The number of hydrogen-bond acceptors (Lipinski definition) is 3. The summed E-state index contributed by atoms with van der Waals surface area (Å²) in [6.45, 7) is 6.11. The summed E-state index contributed by atoms with van der Waals surface area (Å²) >= 11 is 0. The van der Waals surface area contributed by atoms with Gasteiger partial charge in [0.2, 0.25) is 0 Å². The Morgan fingerprint density at radius 3 is 2.56 bits per heavy atom. The van der Waals surface area contributed by atoms with Gasteiger partial charge in [-0.2, -0.15) is 5.10 Å². The van der Waals surface area contributed by atoms with E-state index in [2.05, 4.69) is 10.4 Å². The number of nitrogens with zero attached hydrogens (tertiary/aromatic N) is 3. The quantitative estimate of drug-likeness (QED) is 0.896. The summed E-state index contributed by atoms with van der Waals surface area (Å²) in [5.41, 5.74) is 4.05. The van der Waals surface area contributed by atoms with Gasteiger partial charge < -0.3 is 15.3 Å². The molecule has 2 aromatic rings. The van der Waals surface area contributed by atoms with Crippen molar-refractivity contribution in [3.63, 3.8) is 0 Å². The van der Waals surface area contributed by atoms with E-state index in [0.717, 1.165) is 35.5 Å². The Morgan fingerprint density at radius 2 is 1.92 bits per heavy atom. The van der Waals surface area contributed by atoms with Crippen LogP contribution in [0.2, 0.25) is 0 Å². The molecule has 134 valence electrons. The van der Waals surface area contributed by atoms with E-state index in [-0.39, 0.29) is 12.6 Å². The second kappa shape index (κ2) is 7.70. The number of aromatic nitrogens is 2. The van der Waals surface area contributed by atoms with Crippen LogP contribution >= 0.6 is 0 Å². The van der Waals surface area contributed by atoms with Crippen molar-refractivity contribution >= 4 is 6.03 Å². The number of hydrogen-bond donors (Lipinski definition) is 2. The smallest absolute Gasteiger partial charge is 0.317 e. The highest BCUT2D eigenvalue weighted by Gasteiger charge is 2.22. The fraction of sp³-hybridized carbons (Fsp3) is 0.474. The third-order valence-electron chi connectivity index (χ3n) is 5.02. The number of nitrogens with one attached hydrogen (secondary N) is 1. The molecule has 1 aromatic heterocycles. The molecule has 0 atom stereocenters. The number of para-hydroxylation sites is 1. The molecule has 2 heterocycles. The SMILES string of the molecule is Cc1nn(-c2ccccc2)c(C)c1CNC(=O)N1CCC(CO)CC1. The van der Waals surface area contributed by atoms with E-state index in [4.69, 9.17) is 0 Å². The van der Waals surface area contributed by atoms with Gasteiger partial charge in [0.15, 0.2) is 0 Å². The fourth-order valence-electron chi connectivity index (χ4n) is 3.35. The first-order valence-electron chi connectivity index (χ1n) is 8.84. The summed E-state index contributed by atoms with van der Waals surface area (Å²) in [7, 11) is 0. The summed E-state index contributed by atoms with van der Waals surface area (Å²) in [4.78, 5) is 14.2. The number of aryl methyl sites for hydroxylation is 1. The number of piperidine rings is 1. The Morgan fingerprint density at radius 1 is 1.24 bits per heavy atom. The van der Waals surface area contributed by atoms with E-state index in [9.17, 15) is 9.90 Å². The zero-order valence-electron chi connectivity index (χ0n) is 14.9. The molecule has 25 heavy (non-hydrogen) atoms. The molecule has 1 fully saturated rings. The third-order valence-corrected chi connectivity index (χ3v) is 5.02. The molecule has 2 amide bonds. The summed E-state index contributed by atoms with van der Waals surface area (Å²) in [6.07, 6.45) is 1.74. The number of rotatable bonds is 4. The van der Waals surface area contributed by atoms with Crippen molar-refractivity contribution in [2.75, 3.05) is 19.7 Å². The van der Waals surface area contributed by atoms with Crippen LogP contribution in [0.25, 0.3) is 5.69 Å². The summed E-state index contributed by atoms with van der Waals surface area (Å²) in [5.74, 6) is 0.331. The molecular weight excluding hydrogens is 316 g/mol. The van der Waals surface area contributed by atoms with Crippen molar-refractivity contribution in [3.05, 3.63) is 47.3 Å². The summed E-state index contributed by atoms with van der Waals surface area (Å²) < 4.78 is 1.92. The molecule has 0 bridgehead atoms. The molecule has 1 aliphatic heterocycles. The Hall–Kier alpha value is -2.34. The Kier molecular flexibility index (Phi) is 5.38. The first-order chi connectivity index (χ1) is 12.1. The van der Waals surface area contributed by atoms with E-state index < -0.39 is 0 Å². The number of carbonyl (C=O) groups is 1. The van der Waals surface area contributed by atoms with E-state index >= 15 is 0 Å². The van der Waals surface area contributed by atoms with Gasteiger partial charge in [-0.3, -0.25) is 0 Å². The molecule has 1 saturated heterocycles. The Bertz CT molecular complexity index is 719. The lowest BCUT2D eigenvalue weighted by Crippen LogP contribution is -2.44. The van der Waals surface area contributed by atoms with Crippen molar-refractivity contribution < 1.29 is 9.90 Å². The monoisotopic (exact) mass is 342 g/mol. The van der Waals surface area contributed by atoms with Crippen molar-refractivity contribution in [1.29, 1.82) is 0 Å². The zero-order valence-corrected chi connectivity index (χ0v) is 14.9. The highest BCUT2D eigenvalue weighted by molar-refractivity contribution is 5.74. The van der Waals surface area contributed by atoms with E-state index in [1.165, 1.54) is 0 Å². The minimum Gasteiger partial charge on any atom is -0.396 e. The number of benzene rings is 1. The second-order valence-electron chi connectivity index (χ2n) is 6.67. The third kappa shape index (κ3) is 3.85. The molecule has 6 heteroatoms. The average molecular weight is 342 g/mol. The normalized spacial score (nSPS) is 15.4. The van der Waals surface area contributed by atoms with Crippen LogP contribution in [-0.4, -0.2) is 45.5 Å². The van der Waals surface area contributed by atoms with Gasteiger partial charge in [-0.25, -0.2) is 9.48 Å². The molecule has 6 nitrogen and oxygen atoms in total. The fourth-order valence-corrected chi connectivity index (χ4v) is 3.35. The molecule has 0 aliphatic carbocycles. The molecule has 1 aliphatic rings. The minimum absolute atomic E-state index is 0.0392. The van der Waals surface area contributed by atoms with Gasteiger partial charge in [0.05, 0.1) is 11.4 Å². The molecule has 0 spiro atoms. The van der Waals surface area contributed by atoms with Gasteiger partial charge in [0.1, 0.15) is 0 Å². The van der Waals surface area contributed by atoms with Crippen LogP contribution < -0.4 is 5.32 Å². The Labute approximate surface area is 148 Å². The first kappa shape index (κ1) is 17.5.